The lowest BCUT2D eigenvalue weighted by Crippen LogP contribution is -2.43. The quantitative estimate of drug-likeness (QED) is 0.287. The van der Waals surface area contributed by atoms with Gasteiger partial charge >= 0.3 is 11.5 Å². The maximum atomic E-state index is 13.4. The molecular weight excluding hydrogens is 529 g/mol. The lowest BCUT2D eigenvalue weighted by Gasteiger charge is -2.28. The SMILES string of the molecule is CC1(C)C(=O)N(c2ccc(SC(F)(F)F)cc2)C(=O)N1Cc1ccncc1NC(=O)c1ccccc1Cl. The Morgan fingerprint density at radius 1 is 1.08 bits per heavy atom. The first kappa shape index (κ1) is 26.5. The van der Waals surface area contributed by atoms with Crippen molar-refractivity contribution in [3.63, 3.8) is 0 Å². The fraction of sp³-hybridized carbons (Fsp3) is 0.200. The Morgan fingerprint density at radius 2 is 1.76 bits per heavy atom. The minimum atomic E-state index is -4.46. The number of hydrogen-bond donors (Lipinski definition) is 1. The lowest BCUT2D eigenvalue weighted by molar-refractivity contribution is -0.123. The molecule has 7 nitrogen and oxygen atoms in total. The normalized spacial score (nSPS) is 15.3. The Bertz CT molecular complexity index is 1370. The predicted molar refractivity (Wildman–Crippen MR) is 135 cm³/mol. The number of urea groups is 1. The van der Waals surface area contributed by atoms with Crippen molar-refractivity contribution in [2.24, 2.45) is 0 Å². The number of amides is 4. The molecule has 1 aliphatic heterocycles. The summed E-state index contributed by atoms with van der Waals surface area (Å²) in [6.07, 6.45) is 2.92. The van der Waals surface area contributed by atoms with Crippen molar-refractivity contribution < 1.29 is 27.6 Å². The van der Waals surface area contributed by atoms with Crippen molar-refractivity contribution in [3.05, 3.63) is 83.1 Å². The van der Waals surface area contributed by atoms with E-state index in [1.165, 1.54) is 41.6 Å². The number of halogens is 4. The first-order valence-electron chi connectivity index (χ1n) is 10.9. The van der Waals surface area contributed by atoms with Crippen LogP contribution in [-0.4, -0.2) is 38.8 Å². The monoisotopic (exact) mass is 548 g/mol. The Kier molecular flexibility index (Phi) is 7.20. The van der Waals surface area contributed by atoms with Crippen LogP contribution >= 0.6 is 23.4 Å². The van der Waals surface area contributed by atoms with Gasteiger partial charge in [0, 0.05) is 11.1 Å². The molecule has 0 unspecified atom stereocenters. The third kappa shape index (κ3) is 5.57. The zero-order valence-electron chi connectivity index (χ0n) is 19.5. The zero-order chi connectivity index (χ0) is 27.0. The molecule has 12 heteroatoms. The van der Waals surface area contributed by atoms with Crippen LogP contribution in [0.25, 0.3) is 0 Å². The van der Waals surface area contributed by atoms with E-state index in [4.69, 9.17) is 11.6 Å². The number of aromatic nitrogens is 1. The number of alkyl halides is 3. The summed E-state index contributed by atoms with van der Waals surface area (Å²) < 4.78 is 38.0. The number of benzene rings is 2. The van der Waals surface area contributed by atoms with Gasteiger partial charge in [0.15, 0.2) is 0 Å². The largest absolute Gasteiger partial charge is 0.446 e. The van der Waals surface area contributed by atoms with Crippen LogP contribution in [0.2, 0.25) is 5.02 Å². The second-order valence-electron chi connectivity index (χ2n) is 8.58. The number of carbonyl (C=O) groups is 3. The third-order valence-electron chi connectivity index (χ3n) is 5.76. The Morgan fingerprint density at radius 3 is 2.41 bits per heavy atom. The maximum absolute atomic E-state index is 13.4. The molecule has 0 spiro atoms. The van der Waals surface area contributed by atoms with Crippen LogP contribution in [0.4, 0.5) is 29.3 Å². The highest BCUT2D eigenvalue weighted by atomic mass is 35.5. The van der Waals surface area contributed by atoms with Crippen molar-refractivity contribution >= 4 is 52.6 Å². The van der Waals surface area contributed by atoms with Gasteiger partial charge in [0.2, 0.25) is 0 Å². The second kappa shape index (κ2) is 10.1. The minimum Gasteiger partial charge on any atom is -0.320 e. The van der Waals surface area contributed by atoms with Gasteiger partial charge < -0.3 is 10.2 Å². The van der Waals surface area contributed by atoms with Crippen LogP contribution in [-0.2, 0) is 11.3 Å². The standard InChI is InChI=1S/C25H20ClF3N4O3S/c1-24(2)22(35)33(16-7-9-17(10-8-16)37-25(27,28)29)23(36)32(24)14-15-11-12-30-13-20(15)31-21(34)18-5-3-4-6-19(18)26/h3-13H,14H2,1-2H3,(H,31,34). The van der Waals surface area contributed by atoms with Crippen molar-refractivity contribution in [3.8, 4) is 0 Å². The summed E-state index contributed by atoms with van der Waals surface area (Å²) in [5, 5.41) is 3.01. The van der Waals surface area contributed by atoms with Gasteiger partial charge in [0.05, 0.1) is 34.7 Å². The molecule has 37 heavy (non-hydrogen) atoms. The van der Waals surface area contributed by atoms with Crippen molar-refractivity contribution in [1.29, 1.82) is 0 Å². The molecule has 1 aliphatic rings. The van der Waals surface area contributed by atoms with Crippen LogP contribution in [0.1, 0.15) is 29.8 Å². The van der Waals surface area contributed by atoms with Gasteiger partial charge in [-0.05, 0) is 73.6 Å². The van der Waals surface area contributed by atoms with Crippen molar-refractivity contribution in [1.82, 2.24) is 9.88 Å². The van der Waals surface area contributed by atoms with E-state index in [9.17, 15) is 27.6 Å². The van der Waals surface area contributed by atoms with E-state index in [0.29, 0.717) is 11.3 Å². The van der Waals surface area contributed by atoms with Crippen LogP contribution in [0.5, 0.6) is 0 Å². The minimum absolute atomic E-state index is 0.0449. The highest BCUT2D eigenvalue weighted by Crippen LogP contribution is 2.39. The smallest absolute Gasteiger partial charge is 0.320 e. The number of imide groups is 1. The van der Waals surface area contributed by atoms with Crippen LogP contribution in [0, 0.1) is 0 Å². The van der Waals surface area contributed by atoms with E-state index in [2.05, 4.69) is 10.3 Å². The summed E-state index contributed by atoms with van der Waals surface area (Å²) >= 11 is 5.84. The highest BCUT2D eigenvalue weighted by Gasteiger charge is 2.52. The Labute approximate surface area is 219 Å². The molecule has 1 saturated heterocycles. The number of nitrogens with zero attached hydrogens (tertiary/aromatic N) is 3. The second-order valence-corrected chi connectivity index (χ2v) is 10.1. The summed E-state index contributed by atoms with van der Waals surface area (Å²) in [7, 11) is 0. The van der Waals surface area contributed by atoms with Gasteiger partial charge in [0.25, 0.3) is 11.8 Å². The molecule has 192 valence electrons. The van der Waals surface area contributed by atoms with Gasteiger partial charge in [-0.15, -0.1) is 0 Å². The maximum Gasteiger partial charge on any atom is 0.446 e. The fourth-order valence-corrected chi connectivity index (χ4v) is 4.57. The van der Waals surface area contributed by atoms with Gasteiger partial charge in [-0.1, -0.05) is 23.7 Å². The van der Waals surface area contributed by atoms with E-state index >= 15 is 0 Å². The molecule has 0 bridgehead atoms. The first-order chi connectivity index (χ1) is 17.4. The number of carbonyl (C=O) groups excluding carboxylic acids is 3. The third-order valence-corrected chi connectivity index (χ3v) is 6.83. The molecule has 4 rings (SSSR count). The fourth-order valence-electron chi connectivity index (χ4n) is 3.80. The van der Waals surface area contributed by atoms with Gasteiger partial charge in [0.1, 0.15) is 5.54 Å². The molecule has 4 amide bonds. The molecule has 3 aromatic rings. The average Bonchev–Trinajstić information content (AvgIpc) is 2.99. The topological polar surface area (TPSA) is 82.6 Å². The Hall–Kier alpha value is -3.57. The lowest BCUT2D eigenvalue weighted by atomic mass is 10.0. The van der Waals surface area contributed by atoms with E-state index in [1.54, 1.807) is 44.2 Å². The van der Waals surface area contributed by atoms with Crippen LogP contribution < -0.4 is 10.2 Å². The van der Waals surface area contributed by atoms with E-state index < -0.39 is 28.9 Å². The molecule has 0 radical (unpaired) electrons. The number of thioether (sulfide) groups is 1. The van der Waals surface area contributed by atoms with Crippen molar-refractivity contribution in [2.75, 3.05) is 10.2 Å². The molecule has 0 saturated carbocycles. The van der Waals surface area contributed by atoms with E-state index in [0.717, 1.165) is 4.90 Å². The summed E-state index contributed by atoms with van der Waals surface area (Å²) in [5.74, 6) is -1.01. The summed E-state index contributed by atoms with van der Waals surface area (Å²) in [4.78, 5) is 45.6. The molecule has 0 aliphatic carbocycles. The summed E-state index contributed by atoms with van der Waals surface area (Å²) in [6, 6.07) is 12.5. The molecule has 1 fully saturated rings. The molecule has 2 aromatic carbocycles. The number of hydrogen-bond acceptors (Lipinski definition) is 5. The van der Waals surface area contributed by atoms with Crippen molar-refractivity contribution in [2.45, 2.75) is 36.3 Å². The number of pyridine rings is 1. The van der Waals surface area contributed by atoms with E-state index in [-0.39, 0.29) is 39.5 Å². The number of rotatable bonds is 6. The first-order valence-corrected chi connectivity index (χ1v) is 12.1. The van der Waals surface area contributed by atoms with Crippen LogP contribution in [0.15, 0.2) is 71.9 Å². The number of anilines is 2. The van der Waals surface area contributed by atoms with Gasteiger partial charge in [-0.2, -0.15) is 13.2 Å². The zero-order valence-corrected chi connectivity index (χ0v) is 21.1. The molecule has 2 heterocycles. The summed E-state index contributed by atoms with van der Waals surface area (Å²) in [6.45, 7) is 3.10. The van der Waals surface area contributed by atoms with Gasteiger partial charge in [-0.3, -0.25) is 14.6 Å². The van der Waals surface area contributed by atoms with Gasteiger partial charge in [-0.25, -0.2) is 9.69 Å². The highest BCUT2D eigenvalue weighted by molar-refractivity contribution is 8.00. The predicted octanol–water partition coefficient (Wildman–Crippen LogP) is 6.35. The molecule has 1 aromatic heterocycles. The number of nitrogens with one attached hydrogen (secondary N) is 1. The Balaban J connectivity index is 1.58. The van der Waals surface area contributed by atoms with Crippen LogP contribution in [0.3, 0.4) is 0 Å². The molecule has 1 N–H and O–H groups in total. The molecular formula is C25H20ClF3N4O3S. The average molecular weight is 549 g/mol. The van der Waals surface area contributed by atoms with E-state index in [1.807, 2.05) is 0 Å². The molecule has 0 atom stereocenters. The summed E-state index contributed by atoms with van der Waals surface area (Å²) in [5.41, 5.74) is -4.48.